The summed E-state index contributed by atoms with van der Waals surface area (Å²) in [6.07, 6.45) is 3.11. The van der Waals surface area contributed by atoms with Gasteiger partial charge in [-0.2, -0.15) is 0 Å². The van der Waals surface area contributed by atoms with Crippen LogP contribution in [0.2, 0.25) is 0 Å². The lowest BCUT2D eigenvalue weighted by molar-refractivity contribution is -0.384. The van der Waals surface area contributed by atoms with Crippen LogP contribution in [0.4, 0.5) is 15.3 Å². The third-order valence-corrected chi connectivity index (χ3v) is 33.3. The van der Waals surface area contributed by atoms with Crippen LogP contribution in [0.1, 0.15) is 289 Å². The number of hydrogen-bond acceptors (Lipinski definition) is 33. The normalized spacial score (nSPS) is 31.5. The number of carbonyl (C=O) groups excluding carboxylic acids is 10. The largest absolute Gasteiger partial charge is 0.513 e. The zero-order chi connectivity index (χ0) is 108. The van der Waals surface area contributed by atoms with Gasteiger partial charge in [-0.15, -0.1) is 0 Å². The summed E-state index contributed by atoms with van der Waals surface area (Å²) in [5.41, 5.74) is -10.1. The summed E-state index contributed by atoms with van der Waals surface area (Å²) in [6.45, 7) is 27.1. The van der Waals surface area contributed by atoms with E-state index >= 15 is 9.59 Å². The summed E-state index contributed by atoms with van der Waals surface area (Å²) in [5, 5.41) is 72.8. The van der Waals surface area contributed by atoms with E-state index in [1.165, 1.54) is 122 Å². The van der Waals surface area contributed by atoms with Gasteiger partial charge in [0.25, 0.3) is 5.69 Å². The Morgan fingerprint density at radius 1 is 0.490 bits per heavy atom. The van der Waals surface area contributed by atoms with Gasteiger partial charge in [-0.05, 0) is 117 Å². The molecule has 4 aliphatic heterocycles. The lowest BCUT2D eigenvalue weighted by Crippen LogP contribution is -2.81. The molecule has 0 amide bonds. The zero-order valence-corrected chi connectivity index (χ0v) is 88.6. The monoisotopic (exact) mass is 2070 g/mol. The topological polar surface area (TPSA) is 463 Å². The fraction of sp³-hybridized carbons (Fsp3) is 0.617. The highest BCUT2D eigenvalue weighted by molar-refractivity contribution is 5.94. The second-order valence-corrected chi connectivity index (χ2v) is 43.4. The maximum Gasteiger partial charge on any atom is 0.513 e. The van der Waals surface area contributed by atoms with Crippen molar-refractivity contribution in [1.29, 1.82) is 0 Å². The van der Waals surface area contributed by atoms with E-state index in [2.05, 4.69) is 6.92 Å². The summed E-state index contributed by atoms with van der Waals surface area (Å²) in [6, 6.07) is 39.4. The molecule has 5 aromatic carbocycles. The SMILES string of the molecule is CC(=O)O[C@@]12CO[C@@H]1C[C@H](O)[C@@]1(C)C(=O)[C@H](C)C3=C(C)[C@@H](OC(=O)[C@H](O)[C@@H](C)c4ccccc4)C[C@@](O)([C@@H](OC(=O)c4ccccc4)[C@H]21)C3(C)C.CCC1OCC(COC(=O)Oc2ccc([N+](=O)[O-])cc2)O1.CCCCCCCCCCCCCCCCCC1OCC(COC(=O)O[C@@H](C(=O)O[C@H]2C[C@@]3(O)[C@@H](OC(=O)c4ccccc4)[C@@H]4[C@]5(OC(C)=O)CO[C@@H]5C[C@H](O)[C@@]4(C)C(=O)[C@H](C)C(=C2C)C3(C)C)[C@@H](C)c2ccccc2)O1. The molecule has 10 aliphatic rings. The Morgan fingerprint density at radius 3 is 1.26 bits per heavy atom. The standard InChI is InChI=1S/C62H88O15.C40H48O11.C13H15NO7/c1-9-10-11-12-13-14-15-16-17-18-19-20-21-22-29-34-50-70-37-46(73-50)38-71-58(68)75-52(40(2)44-30-25-23-26-31-44)57(67)74-47-36-62(69)55(76-56(66)45-32-27-24-28-33-45)53-60(8,54(65)42(4)51(41(47)3)59(62,6)7)48(64)35-49-61(53,39-72-49)77-43(5)63;1-21(25-14-10-8-11-15-25)31(43)36(46)49-27-19-40(47)34(50-35(45)26-16-12-9-13-17-26)32-38(7,33(44)23(3)30(22(27)2)37(40,5)6)28(42)18-29-39(32,20-48-29)51-24(4)41;1-2-12-18-7-11(20-12)8-19-13(15)21-10-5-3-9(4-6-10)14(16)17/h23-28,30-33,40,42,46-50,52-53,55,64,69H,9-22,29,34-39H2,1-8H3;8-17,21,23,27-29,31-32,34,42-43,47H,18-20H2,1-7H3;3-6,11-12H,2,7-8H2,1H3/t40-,42+,46?,47-,48-,49+,50?,52+,53-,55-,60+,61-,62+;21-,23+,27-,28-,29+,31+,32-,34-,38+,39-,40+;/m00./s1. The summed E-state index contributed by atoms with van der Waals surface area (Å²) in [5.74, 6) is -11.5. The van der Waals surface area contributed by atoms with E-state index in [4.69, 9.17) is 75.8 Å². The molecule has 0 aromatic heterocycles. The number of Topliss-reactive ketones (excluding diaryl/α,β-unsaturated/α-hetero) is 2. The maximum atomic E-state index is 15.4. The number of aliphatic hydroxyl groups excluding tert-OH is 3. The van der Waals surface area contributed by atoms with Crippen LogP contribution in [-0.2, 0) is 99.8 Å². The molecule has 0 radical (unpaired) electrons. The van der Waals surface area contributed by atoms with Gasteiger partial charge in [0.15, 0.2) is 29.9 Å². The first kappa shape index (κ1) is 115. The molecule has 6 aliphatic carbocycles. The molecule has 814 valence electrons. The van der Waals surface area contributed by atoms with Crippen molar-refractivity contribution in [3.63, 3.8) is 0 Å². The number of rotatable bonds is 38. The van der Waals surface area contributed by atoms with E-state index in [-0.39, 0.29) is 93.7 Å². The first-order valence-corrected chi connectivity index (χ1v) is 52.9. The average molecular weight is 2080 g/mol. The van der Waals surface area contributed by atoms with E-state index in [0.717, 1.165) is 31.2 Å². The number of ether oxygens (including phenoxy) is 16. The number of unbranched alkanes of at least 4 members (excludes halogenated alkanes) is 14. The van der Waals surface area contributed by atoms with Crippen LogP contribution in [-0.4, -0.2) is 238 Å². The highest BCUT2D eigenvalue weighted by Crippen LogP contribution is 2.68. The van der Waals surface area contributed by atoms with E-state index in [1.807, 2.05) is 19.1 Å². The van der Waals surface area contributed by atoms with Crippen molar-refractivity contribution in [2.24, 2.45) is 45.3 Å². The molecular weight excluding hydrogens is 1920 g/mol. The molecule has 34 heteroatoms. The molecule has 34 nitrogen and oxygen atoms in total. The Bertz CT molecular complexity index is 5540. The predicted octanol–water partition coefficient (Wildman–Crippen LogP) is 17.6. The van der Waals surface area contributed by atoms with Crippen LogP contribution in [0, 0.1) is 55.4 Å². The number of non-ortho nitro benzene ring substituents is 1. The minimum absolute atomic E-state index is 0.0301. The quantitative estimate of drug-likeness (QED) is 0.00466. The number of nitrogens with zero attached hydrogens (tertiary/aromatic N) is 1. The van der Waals surface area contributed by atoms with Crippen molar-refractivity contribution in [1.82, 2.24) is 0 Å². The first-order chi connectivity index (χ1) is 70.8. The molecule has 149 heavy (non-hydrogen) atoms. The molecule has 4 bridgehead atoms. The molecule has 4 unspecified atom stereocenters. The third-order valence-electron chi connectivity index (χ3n) is 33.3. The van der Waals surface area contributed by atoms with Gasteiger partial charge in [0, 0.05) is 86.2 Å². The smallest absolute Gasteiger partial charge is 0.456 e. The summed E-state index contributed by atoms with van der Waals surface area (Å²) >= 11 is 0. The van der Waals surface area contributed by atoms with Gasteiger partial charge in [0.2, 0.25) is 6.10 Å². The lowest BCUT2D eigenvalue weighted by atomic mass is 9.43. The molecule has 5 N–H and O–H groups in total. The average Bonchev–Trinajstić information content (AvgIpc) is 0.784. The number of carbonyl (C=O) groups is 10. The number of esters is 6. The van der Waals surface area contributed by atoms with Gasteiger partial charge in [0.1, 0.15) is 90.6 Å². The van der Waals surface area contributed by atoms with Gasteiger partial charge in [-0.1, -0.05) is 256 Å². The first-order valence-electron chi connectivity index (χ1n) is 52.9. The van der Waals surface area contributed by atoms with Crippen molar-refractivity contribution in [2.75, 3.05) is 39.6 Å². The molecule has 15 rings (SSSR count). The van der Waals surface area contributed by atoms with E-state index in [1.54, 1.807) is 192 Å². The number of nitro benzene ring substituents is 1. The Balaban J connectivity index is 0.000000218. The van der Waals surface area contributed by atoms with Crippen molar-refractivity contribution in [3.05, 3.63) is 200 Å². The van der Waals surface area contributed by atoms with Crippen molar-refractivity contribution >= 4 is 65.4 Å². The second kappa shape index (κ2) is 49.3. The van der Waals surface area contributed by atoms with Gasteiger partial charge in [-0.3, -0.25) is 29.3 Å². The molecular formula is C115H151NO33. The molecule has 4 saturated carbocycles. The number of hydrogen-bond donors (Lipinski definition) is 5. The number of benzene rings is 5. The molecule has 0 spiro atoms. The predicted molar refractivity (Wildman–Crippen MR) is 540 cm³/mol. The molecule has 8 fully saturated rings. The molecule has 26 atom stereocenters. The van der Waals surface area contributed by atoms with E-state index < -0.39 is 218 Å². The molecule has 5 aromatic rings. The molecule has 4 saturated heterocycles. The van der Waals surface area contributed by atoms with Crippen molar-refractivity contribution in [2.45, 2.75) is 366 Å². The highest BCUT2D eigenvalue weighted by Gasteiger charge is 2.80. The number of nitro groups is 1. The highest BCUT2D eigenvalue weighted by atomic mass is 16.8. The van der Waals surface area contributed by atoms with Gasteiger partial charge < -0.3 is 101 Å². The van der Waals surface area contributed by atoms with Crippen LogP contribution in [0.25, 0.3) is 0 Å². The number of ketones is 2. The van der Waals surface area contributed by atoms with Crippen molar-refractivity contribution < 1.29 is 154 Å². The van der Waals surface area contributed by atoms with Crippen LogP contribution in [0.15, 0.2) is 168 Å². The minimum Gasteiger partial charge on any atom is -0.456 e. The lowest BCUT2D eigenvalue weighted by Gasteiger charge is -2.67. The minimum atomic E-state index is -2.18. The van der Waals surface area contributed by atoms with E-state index in [9.17, 15) is 74.0 Å². The summed E-state index contributed by atoms with van der Waals surface area (Å²) < 4.78 is 93.3. The van der Waals surface area contributed by atoms with Gasteiger partial charge >= 0.3 is 48.1 Å². The fourth-order valence-corrected chi connectivity index (χ4v) is 24.8. The van der Waals surface area contributed by atoms with Gasteiger partial charge in [-0.25, -0.2) is 28.8 Å². The number of fused-ring (bicyclic) bond motifs is 10. The fourth-order valence-electron chi connectivity index (χ4n) is 24.8. The number of aliphatic hydroxyl groups is 5. The second-order valence-electron chi connectivity index (χ2n) is 43.4. The Labute approximate surface area is 871 Å². The Kier molecular flexibility index (Phi) is 38.2. The zero-order valence-electron chi connectivity index (χ0n) is 88.6. The summed E-state index contributed by atoms with van der Waals surface area (Å²) in [7, 11) is 0. The van der Waals surface area contributed by atoms with Crippen LogP contribution in [0.5, 0.6) is 5.75 Å². The van der Waals surface area contributed by atoms with Gasteiger partial charge in [0.05, 0.1) is 77.4 Å². The van der Waals surface area contributed by atoms with Crippen LogP contribution >= 0.6 is 0 Å². The third kappa shape index (κ3) is 24.5. The van der Waals surface area contributed by atoms with E-state index in [0.29, 0.717) is 34.5 Å². The summed E-state index contributed by atoms with van der Waals surface area (Å²) in [4.78, 5) is 148. The Hall–Kier alpha value is -10.8. The molecule has 4 heterocycles. The van der Waals surface area contributed by atoms with Crippen LogP contribution in [0.3, 0.4) is 0 Å². The van der Waals surface area contributed by atoms with Crippen LogP contribution < -0.4 is 4.74 Å². The maximum absolute atomic E-state index is 15.4. The Morgan fingerprint density at radius 2 is 0.872 bits per heavy atom. The van der Waals surface area contributed by atoms with Crippen molar-refractivity contribution in [3.8, 4) is 5.75 Å².